The number of pyridine rings is 1. The van der Waals surface area contributed by atoms with E-state index in [1.165, 1.54) is 0 Å². The zero-order valence-electron chi connectivity index (χ0n) is 10.1. The van der Waals surface area contributed by atoms with Crippen molar-refractivity contribution in [3.05, 3.63) is 18.0 Å². The Morgan fingerprint density at radius 2 is 2.06 bits per heavy atom. The van der Waals surface area contributed by atoms with Gasteiger partial charge < -0.3 is 16.2 Å². The summed E-state index contributed by atoms with van der Waals surface area (Å²) in [6.07, 6.45) is -3.56. The number of aromatic nitrogens is 1. The second kappa shape index (κ2) is 5.43. The van der Waals surface area contributed by atoms with Gasteiger partial charge in [-0.25, -0.2) is 4.98 Å². The van der Waals surface area contributed by atoms with E-state index in [1.807, 2.05) is 13.8 Å². The van der Waals surface area contributed by atoms with Gasteiger partial charge in [-0.05, 0) is 12.0 Å². The molecule has 1 aromatic heterocycles. The number of hydrogen-bond acceptors (Lipinski definition) is 4. The highest BCUT2D eigenvalue weighted by molar-refractivity contribution is 5.65. The summed E-state index contributed by atoms with van der Waals surface area (Å²) in [6, 6.07) is 0.483. The van der Waals surface area contributed by atoms with Crippen molar-refractivity contribution in [2.24, 2.45) is 5.92 Å². The first-order valence-corrected chi connectivity index (χ1v) is 5.45. The highest BCUT2D eigenvalue weighted by Crippen LogP contribution is 2.31. The van der Waals surface area contributed by atoms with Crippen LogP contribution in [0.25, 0.3) is 0 Å². The Morgan fingerprint density at radius 1 is 1.44 bits per heavy atom. The Morgan fingerprint density at radius 3 is 2.50 bits per heavy atom. The highest BCUT2D eigenvalue weighted by atomic mass is 19.4. The van der Waals surface area contributed by atoms with Crippen LogP contribution in [0.5, 0.6) is 0 Å². The molecule has 0 spiro atoms. The summed E-state index contributed by atoms with van der Waals surface area (Å²) in [4.78, 5) is 3.24. The molecule has 4 nitrogen and oxygen atoms in total. The summed E-state index contributed by atoms with van der Waals surface area (Å²) in [6.45, 7) is 3.49. The predicted molar refractivity (Wildman–Crippen MR) is 63.0 cm³/mol. The summed E-state index contributed by atoms with van der Waals surface area (Å²) >= 11 is 0. The molecule has 0 saturated heterocycles. The van der Waals surface area contributed by atoms with Gasteiger partial charge in [0.05, 0.1) is 30.2 Å². The molecule has 102 valence electrons. The van der Waals surface area contributed by atoms with Gasteiger partial charge in [0.2, 0.25) is 0 Å². The molecule has 0 aliphatic heterocycles. The molecular weight excluding hydrogens is 247 g/mol. The van der Waals surface area contributed by atoms with Crippen LogP contribution in [0.1, 0.15) is 19.5 Å². The third kappa shape index (κ3) is 3.49. The van der Waals surface area contributed by atoms with Crippen molar-refractivity contribution in [3.63, 3.8) is 0 Å². The van der Waals surface area contributed by atoms with Gasteiger partial charge in [0.1, 0.15) is 5.69 Å². The topological polar surface area (TPSA) is 71.2 Å². The van der Waals surface area contributed by atoms with Gasteiger partial charge in [0.15, 0.2) is 0 Å². The third-order valence-electron chi connectivity index (χ3n) is 2.57. The van der Waals surface area contributed by atoms with E-state index in [1.54, 1.807) is 0 Å². The van der Waals surface area contributed by atoms with Gasteiger partial charge in [0, 0.05) is 0 Å². The predicted octanol–water partition coefficient (Wildman–Crippen LogP) is 2.11. The Labute approximate surface area is 103 Å². The van der Waals surface area contributed by atoms with E-state index in [0.29, 0.717) is 0 Å². The fraction of sp³-hybridized carbons (Fsp3) is 0.545. The zero-order valence-corrected chi connectivity index (χ0v) is 10.1. The SMILES string of the molecule is CC(C)C(CO)Nc1cc(C(F)(F)F)ncc1N. The molecule has 1 unspecified atom stereocenters. The van der Waals surface area contributed by atoms with Crippen molar-refractivity contribution in [2.75, 3.05) is 17.7 Å². The van der Waals surface area contributed by atoms with Gasteiger partial charge in [-0.3, -0.25) is 0 Å². The van der Waals surface area contributed by atoms with E-state index in [0.717, 1.165) is 12.3 Å². The summed E-state index contributed by atoms with van der Waals surface area (Å²) in [7, 11) is 0. The number of nitrogens with zero attached hydrogens (tertiary/aromatic N) is 1. The van der Waals surface area contributed by atoms with Crippen LogP contribution >= 0.6 is 0 Å². The standard InChI is InChI=1S/C11H16F3N3O/c1-6(2)9(5-18)17-8-3-10(11(12,13)14)16-4-7(8)15/h3-4,6,9,18H,5,15H2,1-2H3,(H,16,17). The van der Waals surface area contributed by atoms with Crippen LogP contribution in [0, 0.1) is 5.92 Å². The summed E-state index contributed by atoms with van der Waals surface area (Å²) in [5, 5.41) is 11.9. The van der Waals surface area contributed by atoms with Gasteiger partial charge in [0.25, 0.3) is 0 Å². The Hall–Kier alpha value is -1.50. The molecule has 0 aliphatic carbocycles. The van der Waals surface area contributed by atoms with Gasteiger partial charge in [-0.2, -0.15) is 13.2 Å². The van der Waals surface area contributed by atoms with Crippen LogP contribution in [0.2, 0.25) is 0 Å². The van der Waals surface area contributed by atoms with Gasteiger partial charge in [-0.15, -0.1) is 0 Å². The molecule has 1 aromatic rings. The lowest BCUT2D eigenvalue weighted by Gasteiger charge is -2.22. The smallest absolute Gasteiger partial charge is 0.396 e. The molecule has 0 radical (unpaired) electrons. The molecule has 4 N–H and O–H groups in total. The van der Waals surface area contributed by atoms with Crippen LogP contribution in [0.3, 0.4) is 0 Å². The first-order valence-electron chi connectivity index (χ1n) is 5.45. The van der Waals surface area contributed by atoms with Crippen molar-refractivity contribution in [3.8, 4) is 0 Å². The second-order valence-electron chi connectivity index (χ2n) is 4.33. The van der Waals surface area contributed by atoms with E-state index >= 15 is 0 Å². The van der Waals surface area contributed by atoms with E-state index in [2.05, 4.69) is 10.3 Å². The van der Waals surface area contributed by atoms with Crippen LogP contribution in [-0.4, -0.2) is 22.7 Å². The lowest BCUT2D eigenvalue weighted by atomic mass is 10.0. The normalized spacial score (nSPS) is 13.7. The maximum Gasteiger partial charge on any atom is 0.433 e. The summed E-state index contributed by atoms with van der Waals surface area (Å²) in [5.41, 5.74) is 4.79. The number of halogens is 3. The van der Waals surface area contributed by atoms with Crippen molar-refractivity contribution < 1.29 is 18.3 Å². The monoisotopic (exact) mass is 263 g/mol. The number of nitrogens with one attached hydrogen (secondary N) is 1. The van der Waals surface area contributed by atoms with Crippen molar-refractivity contribution >= 4 is 11.4 Å². The first-order chi connectivity index (χ1) is 8.25. The largest absolute Gasteiger partial charge is 0.433 e. The minimum absolute atomic E-state index is 0.0527. The van der Waals surface area contributed by atoms with Crippen molar-refractivity contribution in [1.29, 1.82) is 0 Å². The van der Waals surface area contributed by atoms with E-state index in [-0.39, 0.29) is 29.9 Å². The minimum Gasteiger partial charge on any atom is -0.396 e. The molecule has 7 heteroatoms. The fourth-order valence-corrected chi connectivity index (χ4v) is 1.37. The molecule has 0 amide bonds. The highest BCUT2D eigenvalue weighted by Gasteiger charge is 2.33. The molecule has 0 aromatic carbocycles. The van der Waals surface area contributed by atoms with E-state index < -0.39 is 11.9 Å². The number of rotatable bonds is 4. The molecule has 0 aliphatic rings. The number of hydrogen-bond donors (Lipinski definition) is 3. The Kier molecular flexibility index (Phi) is 4.39. The van der Waals surface area contributed by atoms with Gasteiger partial charge >= 0.3 is 6.18 Å². The number of nitrogens with two attached hydrogens (primary N) is 1. The minimum atomic E-state index is -4.52. The molecule has 0 bridgehead atoms. The maximum absolute atomic E-state index is 12.5. The average Bonchev–Trinajstić information content (AvgIpc) is 2.25. The molecule has 18 heavy (non-hydrogen) atoms. The number of anilines is 2. The van der Waals surface area contributed by atoms with Crippen LogP contribution < -0.4 is 11.1 Å². The van der Waals surface area contributed by atoms with Crippen LogP contribution in [0.4, 0.5) is 24.5 Å². The molecule has 1 rings (SSSR count). The molecule has 1 heterocycles. The third-order valence-corrected chi connectivity index (χ3v) is 2.57. The second-order valence-corrected chi connectivity index (χ2v) is 4.33. The quantitative estimate of drug-likeness (QED) is 0.778. The lowest BCUT2D eigenvalue weighted by molar-refractivity contribution is -0.141. The van der Waals surface area contributed by atoms with Crippen LogP contribution in [0.15, 0.2) is 12.3 Å². The zero-order chi connectivity index (χ0) is 13.9. The molecule has 1 atom stereocenters. The molecular formula is C11H16F3N3O. The summed E-state index contributed by atoms with van der Waals surface area (Å²) in [5.74, 6) is 0.0527. The number of aliphatic hydroxyl groups excluding tert-OH is 1. The number of alkyl halides is 3. The Bertz CT molecular complexity index is 407. The fourth-order valence-electron chi connectivity index (χ4n) is 1.37. The van der Waals surface area contributed by atoms with E-state index in [4.69, 9.17) is 10.8 Å². The summed E-state index contributed by atoms with van der Waals surface area (Å²) < 4.78 is 37.5. The Balaban J connectivity index is 3.01. The number of nitrogen functional groups attached to an aromatic ring is 1. The van der Waals surface area contributed by atoms with Crippen LogP contribution in [-0.2, 0) is 6.18 Å². The molecule has 0 fully saturated rings. The first kappa shape index (κ1) is 14.6. The van der Waals surface area contributed by atoms with Crippen molar-refractivity contribution in [1.82, 2.24) is 4.98 Å². The number of aliphatic hydroxyl groups is 1. The van der Waals surface area contributed by atoms with Crippen molar-refractivity contribution in [2.45, 2.75) is 26.1 Å². The average molecular weight is 263 g/mol. The molecule has 0 saturated carbocycles. The lowest BCUT2D eigenvalue weighted by Crippen LogP contribution is -2.30. The van der Waals surface area contributed by atoms with Gasteiger partial charge in [-0.1, -0.05) is 13.8 Å². The maximum atomic E-state index is 12.5. The van der Waals surface area contributed by atoms with E-state index in [9.17, 15) is 13.2 Å².